The predicted molar refractivity (Wildman–Crippen MR) is 121 cm³/mol. The second-order valence-corrected chi connectivity index (χ2v) is 9.29. The van der Waals surface area contributed by atoms with E-state index in [0.717, 1.165) is 36.4 Å². The highest BCUT2D eigenvalue weighted by atomic mass is 32.2. The monoisotopic (exact) mass is 519 g/mol. The van der Waals surface area contributed by atoms with Crippen molar-refractivity contribution in [2.75, 3.05) is 25.0 Å². The zero-order valence-electron chi connectivity index (χ0n) is 18.8. The molecule has 1 fully saturated rings. The molecule has 0 unspecified atom stereocenters. The quantitative estimate of drug-likeness (QED) is 0.460. The van der Waals surface area contributed by atoms with E-state index in [1.165, 1.54) is 33.7 Å². The number of carbonyl (C=O) groups excluding carboxylic acids is 2. The molecule has 1 aliphatic rings. The van der Waals surface area contributed by atoms with Crippen LogP contribution in [0.4, 0.5) is 36.8 Å². The van der Waals surface area contributed by atoms with Gasteiger partial charge in [-0.2, -0.15) is 26.3 Å². The highest BCUT2D eigenvalue weighted by molar-refractivity contribution is 8.01. The van der Waals surface area contributed by atoms with E-state index in [9.17, 15) is 35.9 Å². The summed E-state index contributed by atoms with van der Waals surface area (Å²) in [7, 11) is 0. The number of nitrogens with one attached hydrogen (secondary N) is 1. The number of halogens is 6. The van der Waals surface area contributed by atoms with Gasteiger partial charge < -0.3 is 15.1 Å². The van der Waals surface area contributed by atoms with Crippen LogP contribution in [0.2, 0.25) is 0 Å². The van der Waals surface area contributed by atoms with Crippen molar-refractivity contribution in [1.29, 1.82) is 0 Å². The maximum atomic E-state index is 12.9. The van der Waals surface area contributed by atoms with Crippen molar-refractivity contribution in [2.24, 2.45) is 0 Å². The van der Waals surface area contributed by atoms with Gasteiger partial charge in [0.15, 0.2) is 0 Å². The maximum absolute atomic E-state index is 12.9. The summed E-state index contributed by atoms with van der Waals surface area (Å²) in [5, 5.41) is 1.63. The highest BCUT2D eigenvalue weighted by Gasteiger charge is 2.39. The van der Waals surface area contributed by atoms with E-state index in [1.54, 1.807) is 13.8 Å². The largest absolute Gasteiger partial charge is 0.416 e. The number of benzene rings is 2. The molecule has 2 aromatic rings. The molecule has 0 saturated carbocycles. The fourth-order valence-electron chi connectivity index (χ4n) is 3.57. The molecule has 0 aliphatic carbocycles. The number of rotatable bonds is 6. The number of hydrogen-bond acceptors (Lipinski definition) is 3. The van der Waals surface area contributed by atoms with Crippen LogP contribution in [0, 0.1) is 0 Å². The van der Waals surface area contributed by atoms with Crippen molar-refractivity contribution < 1.29 is 35.9 Å². The summed E-state index contributed by atoms with van der Waals surface area (Å²) < 4.78 is 76.8. The standard InChI is InChI=1S/C23H23F6N3O2S/c1-3-31(21(34)30-18-10-8-17(9-11-18)23(27,28)29)12-13-32-19(33)14(2)35-20(32)15-4-6-16(7-5-15)22(24,25)26/h4-11,14,20H,3,12-13H2,1-2H3,(H,30,34)/t14-,20-/m1/s1. The van der Waals surface area contributed by atoms with E-state index in [0.29, 0.717) is 5.56 Å². The number of thioether (sulfide) groups is 1. The van der Waals surface area contributed by atoms with E-state index in [1.807, 2.05) is 0 Å². The molecule has 5 nitrogen and oxygen atoms in total. The summed E-state index contributed by atoms with van der Waals surface area (Å²) in [6.07, 6.45) is -8.95. The second-order valence-electron chi connectivity index (χ2n) is 7.87. The Bertz CT molecular complexity index is 1040. The second kappa shape index (κ2) is 10.4. The Labute approximate surface area is 202 Å². The van der Waals surface area contributed by atoms with E-state index in [-0.39, 0.29) is 31.2 Å². The molecule has 1 N–H and O–H groups in total. The molecule has 12 heteroatoms. The van der Waals surface area contributed by atoms with Gasteiger partial charge in [0.25, 0.3) is 0 Å². The van der Waals surface area contributed by atoms with Gasteiger partial charge in [-0.05, 0) is 55.8 Å². The van der Waals surface area contributed by atoms with Gasteiger partial charge >= 0.3 is 18.4 Å². The van der Waals surface area contributed by atoms with Gasteiger partial charge in [0.05, 0.1) is 16.4 Å². The Morgan fingerprint density at radius 1 is 0.971 bits per heavy atom. The molecule has 3 amide bonds. The van der Waals surface area contributed by atoms with Gasteiger partial charge in [0.2, 0.25) is 5.91 Å². The van der Waals surface area contributed by atoms with Crippen LogP contribution in [0.15, 0.2) is 48.5 Å². The molecule has 1 heterocycles. The van der Waals surface area contributed by atoms with Gasteiger partial charge in [0, 0.05) is 25.3 Å². The average molecular weight is 520 g/mol. The molecule has 0 aromatic heterocycles. The molecule has 0 radical (unpaired) electrons. The minimum atomic E-state index is -4.49. The average Bonchev–Trinajstić information content (AvgIpc) is 3.07. The van der Waals surface area contributed by atoms with Crippen LogP contribution in [0.25, 0.3) is 0 Å². The summed E-state index contributed by atoms with van der Waals surface area (Å²) in [6, 6.07) is 8.10. The van der Waals surface area contributed by atoms with Crippen LogP contribution in [0.3, 0.4) is 0 Å². The number of carbonyl (C=O) groups is 2. The van der Waals surface area contributed by atoms with E-state index in [4.69, 9.17) is 0 Å². The van der Waals surface area contributed by atoms with Crippen molar-refractivity contribution in [2.45, 2.75) is 36.8 Å². The van der Waals surface area contributed by atoms with Crippen LogP contribution in [0.1, 0.15) is 35.9 Å². The van der Waals surface area contributed by atoms with Crippen LogP contribution in [0.5, 0.6) is 0 Å². The van der Waals surface area contributed by atoms with Crippen molar-refractivity contribution in [3.63, 3.8) is 0 Å². The number of anilines is 1. The molecular weight excluding hydrogens is 496 g/mol. The zero-order chi connectivity index (χ0) is 26.0. The van der Waals surface area contributed by atoms with E-state index in [2.05, 4.69) is 5.32 Å². The number of alkyl halides is 6. The SMILES string of the molecule is CCN(CCN1C(=O)[C@@H](C)S[C@@H]1c1ccc(C(F)(F)F)cc1)C(=O)Nc1ccc(C(F)(F)F)cc1. The van der Waals surface area contributed by atoms with Crippen LogP contribution in [-0.4, -0.2) is 46.6 Å². The lowest BCUT2D eigenvalue weighted by Crippen LogP contribution is -2.42. The summed E-state index contributed by atoms with van der Waals surface area (Å²) in [5.74, 6) is -0.195. The third-order valence-corrected chi connectivity index (χ3v) is 6.91. The Morgan fingerprint density at radius 2 is 1.49 bits per heavy atom. The molecule has 3 rings (SSSR count). The third-order valence-electron chi connectivity index (χ3n) is 5.51. The molecular formula is C23H23F6N3O2S. The molecule has 1 aliphatic heterocycles. The van der Waals surface area contributed by atoms with Gasteiger partial charge in [0.1, 0.15) is 5.37 Å². The minimum Gasteiger partial charge on any atom is -0.324 e. The van der Waals surface area contributed by atoms with Crippen molar-refractivity contribution in [3.8, 4) is 0 Å². The lowest BCUT2D eigenvalue weighted by Gasteiger charge is -2.28. The highest BCUT2D eigenvalue weighted by Crippen LogP contribution is 2.43. The number of hydrogen-bond donors (Lipinski definition) is 1. The fourth-order valence-corrected chi connectivity index (χ4v) is 4.88. The van der Waals surface area contributed by atoms with E-state index >= 15 is 0 Å². The first-order valence-corrected chi connectivity index (χ1v) is 11.6. The van der Waals surface area contributed by atoms with Crippen molar-refractivity contribution in [1.82, 2.24) is 9.80 Å². The Kier molecular flexibility index (Phi) is 7.93. The third kappa shape index (κ3) is 6.41. The number of likely N-dealkylation sites (N-methyl/N-ethyl adjacent to an activating group) is 1. The summed E-state index contributed by atoms with van der Waals surface area (Å²) in [4.78, 5) is 28.3. The van der Waals surface area contributed by atoms with Gasteiger partial charge in [-0.3, -0.25) is 4.79 Å². The molecule has 0 bridgehead atoms. The fraction of sp³-hybridized carbons (Fsp3) is 0.391. The molecule has 2 aromatic carbocycles. The topological polar surface area (TPSA) is 52.7 Å². The maximum Gasteiger partial charge on any atom is 0.416 e. The predicted octanol–water partition coefficient (Wildman–Crippen LogP) is 6.24. The smallest absolute Gasteiger partial charge is 0.324 e. The normalized spacial score (nSPS) is 18.6. The Morgan fingerprint density at radius 3 is 1.97 bits per heavy atom. The van der Waals surface area contributed by atoms with Crippen LogP contribution in [-0.2, 0) is 17.1 Å². The minimum absolute atomic E-state index is 0.124. The van der Waals surface area contributed by atoms with Crippen LogP contribution < -0.4 is 5.32 Å². The zero-order valence-corrected chi connectivity index (χ0v) is 19.6. The number of nitrogens with zero attached hydrogens (tertiary/aromatic N) is 2. The summed E-state index contributed by atoms with van der Waals surface area (Å²) >= 11 is 1.31. The van der Waals surface area contributed by atoms with Crippen molar-refractivity contribution in [3.05, 3.63) is 65.2 Å². The summed E-state index contributed by atoms with van der Waals surface area (Å²) in [6.45, 7) is 3.94. The van der Waals surface area contributed by atoms with Gasteiger partial charge in [-0.1, -0.05) is 12.1 Å². The summed E-state index contributed by atoms with van der Waals surface area (Å²) in [5.41, 5.74) is -0.896. The first-order valence-electron chi connectivity index (χ1n) is 10.7. The molecule has 190 valence electrons. The van der Waals surface area contributed by atoms with E-state index < -0.39 is 40.1 Å². The molecule has 35 heavy (non-hydrogen) atoms. The molecule has 0 spiro atoms. The van der Waals surface area contributed by atoms with Crippen LogP contribution >= 0.6 is 11.8 Å². The Balaban J connectivity index is 1.66. The number of urea groups is 1. The first-order chi connectivity index (χ1) is 16.3. The van der Waals surface area contributed by atoms with Gasteiger partial charge in [-0.15, -0.1) is 11.8 Å². The molecule has 2 atom stereocenters. The molecule has 1 saturated heterocycles. The first kappa shape index (κ1) is 26.7. The van der Waals surface area contributed by atoms with Crippen molar-refractivity contribution >= 4 is 29.4 Å². The lowest BCUT2D eigenvalue weighted by atomic mass is 10.1. The van der Waals surface area contributed by atoms with Gasteiger partial charge in [-0.25, -0.2) is 4.79 Å². The lowest BCUT2D eigenvalue weighted by molar-refractivity contribution is -0.138. The Hall–Kier alpha value is -2.89. The number of amides is 3.